The molecule has 1 heterocycles. The summed E-state index contributed by atoms with van der Waals surface area (Å²) < 4.78 is 1.64. The van der Waals surface area contributed by atoms with Crippen LogP contribution in [0.25, 0.3) is 0 Å². The van der Waals surface area contributed by atoms with E-state index in [0.717, 1.165) is 18.4 Å². The first kappa shape index (κ1) is 13.4. The molecular weight excluding hydrogens is 216 g/mol. The number of allylic oxidation sites excluding steroid dienone is 1. The number of hydrogen-bond acceptors (Lipinski definition) is 3. The lowest BCUT2D eigenvalue weighted by molar-refractivity contribution is -0.131. The topological polar surface area (TPSA) is 64.2 Å². The van der Waals surface area contributed by atoms with Crippen molar-refractivity contribution in [1.29, 1.82) is 0 Å². The zero-order valence-corrected chi connectivity index (χ0v) is 10.5. The van der Waals surface area contributed by atoms with Crippen molar-refractivity contribution in [3.8, 4) is 0 Å². The van der Waals surface area contributed by atoms with Gasteiger partial charge in [0.05, 0.1) is 6.20 Å². The molecular formula is C12H20N4O. The Balaban J connectivity index is 2.53. The van der Waals surface area contributed by atoms with Gasteiger partial charge in [0.1, 0.15) is 6.04 Å². The van der Waals surface area contributed by atoms with Gasteiger partial charge < -0.3 is 10.6 Å². The Labute approximate surface area is 102 Å². The van der Waals surface area contributed by atoms with E-state index < -0.39 is 6.04 Å². The molecule has 1 unspecified atom stereocenters. The summed E-state index contributed by atoms with van der Waals surface area (Å²) in [7, 11) is 3.57. The number of aromatic nitrogens is 2. The Bertz CT molecular complexity index is 386. The molecule has 17 heavy (non-hydrogen) atoms. The molecule has 2 N–H and O–H groups in total. The predicted molar refractivity (Wildman–Crippen MR) is 67.2 cm³/mol. The number of aryl methyl sites for hydroxylation is 1. The smallest absolute Gasteiger partial charge is 0.243 e. The fourth-order valence-corrected chi connectivity index (χ4v) is 1.56. The van der Waals surface area contributed by atoms with Gasteiger partial charge in [-0.05, 0) is 12.8 Å². The van der Waals surface area contributed by atoms with Gasteiger partial charge in [-0.1, -0.05) is 6.08 Å². The molecule has 1 amide bonds. The van der Waals surface area contributed by atoms with Crippen LogP contribution in [0.5, 0.6) is 0 Å². The van der Waals surface area contributed by atoms with Crippen LogP contribution in [-0.4, -0.2) is 34.2 Å². The number of rotatable bonds is 6. The van der Waals surface area contributed by atoms with Crippen LogP contribution in [0.3, 0.4) is 0 Å². The molecule has 0 fully saturated rings. The molecule has 1 aromatic rings. The molecule has 0 aromatic carbocycles. The minimum absolute atomic E-state index is 0.0814. The number of hydrogen-bond donors (Lipinski definition) is 1. The summed E-state index contributed by atoms with van der Waals surface area (Å²) in [4.78, 5) is 13.6. The number of amides is 1. The van der Waals surface area contributed by atoms with Crippen LogP contribution < -0.4 is 5.73 Å². The van der Waals surface area contributed by atoms with Gasteiger partial charge in [0.2, 0.25) is 5.91 Å². The summed E-state index contributed by atoms with van der Waals surface area (Å²) in [5.74, 6) is -0.0814. The van der Waals surface area contributed by atoms with E-state index in [1.807, 2.05) is 6.08 Å². The maximum absolute atomic E-state index is 12.0. The second-order valence-corrected chi connectivity index (χ2v) is 4.12. The minimum atomic E-state index is -0.627. The van der Waals surface area contributed by atoms with E-state index in [0.29, 0.717) is 6.54 Å². The highest BCUT2D eigenvalue weighted by molar-refractivity contribution is 5.82. The third-order valence-corrected chi connectivity index (χ3v) is 2.63. The van der Waals surface area contributed by atoms with Crippen molar-refractivity contribution in [2.75, 3.05) is 13.6 Å². The highest BCUT2D eigenvalue weighted by Gasteiger charge is 2.20. The molecule has 5 nitrogen and oxygen atoms in total. The van der Waals surface area contributed by atoms with Crippen LogP contribution >= 0.6 is 0 Å². The van der Waals surface area contributed by atoms with Gasteiger partial charge in [-0.3, -0.25) is 9.48 Å². The van der Waals surface area contributed by atoms with Crippen LogP contribution in [0.4, 0.5) is 0 Å². The lowest BCUT2D eigenvalue weighted by atomic mass is 10.1. The summed E-state index contributed by atoms with van der Waals surface area (Å²) >= 11 is 0. The Hall–Kier alpha value is -1.62. The van der Waals surface area contributed by atoms with E-state index in [9.17, 15) is 4.79 Å². The van der Waals surface area contributed by atoms with Crippen molar-refractivity contribution >= 4 is 5.91 Å². The number of nitrogens with two attached hydrogens (primary N) is 1. The van der Waals surface area contributed by atoms with Crippen molar-refractivity contribution in [2.24, 2.45) is 12.8 Å². The lowest BCUT2D eigenvalue weighted by Crippen LogP contribution is -2.36. The lowest BCUT2D eigenvalue weighted by Gasteiger charge is -2.20. The van der Waals surface area contributed by atoms with Crippen molar-refractivity contribution in [3.05, 3.63) is 30.6 Å². The van der Waals surface area contributed by atoms with Gasteiger partial charge in [-0.25, -0.2) is 0 Å². The Morgan fingerprint density at radius 1 is 1.76 bits per heavy atom. The summed E-state index contributed by atoms with van der Waals surface area (Å²) in [6, 6.07) is -0.627. The van der Waals surface area contributed by atoms with E-state index in [1.165, 1.54) is 0 Å². The third-order valence-electron chi connectivity index (χ3n) is 2.63. The zero-order valence-electron chi connectivity index (χ0n) is 10.5. The van der Waals surface area contributed by atoms with Gasteiger partial charge in [-0.15, -0.1) is 6.58 Å². The van der Waals surface area contributed by atoms with Gasteiger partial charge in [0.25, 0.3) is 0 Å². The molecule has 0 aliphatic rings. The van der Waals surface area contributed by atoms with E-state index in [2.05, 4.69) is 11.7 Å². The number of carbonyl (C=O) groups is 1. The van der Waals surface area contributed by atoms with E-state index in [1.54, 1.807) is 36.1 Å². The molecule has 94 valence electrons. The molecule has 1 aromatic heterocycles. The average Bonchev–Trinajstić information content (AvgIpc) is 2.74. The van der Waals surface area contributed by atoms with Gasteiger partial charge in [0.15, 0.2) is 0 Å². The second kappa shape index (κ2) is 6.20. The molecule has 0 spiro atoms. The predicted octanol–water partition coefficient (Wildman–Crippen LogP) is 0.844. The Kier molecular flexibility index (Phi) is 4.90. The van der Waals surface area contributed by atoms with Gasteiger partial charge in [-0.2, -0.15) is 5.10 Å². The second-order valence-electron chi connectivity index (χ2n) is 4.12. The number of carbonyl (C=O) groups excluding carboxylic acids is 1. The maximum atomic E-state index is 12.0. The van der Waals surface area contributed by atoms with Crippen molar-refractivity contribution in [3.63, 3.8) is 0 Å². The maximum Gasteiger partial charge on any atom is 0.243 e. The van der Waals surface area contributed by atoms with E-state index in [4.69, 9.17) is 5.73 Å². The number of nitrogens with zero attached hydrogens (tertiary/aromatic N) is 3. The molecule has 0 saturated carbocycles. The average molecular weight is 236 g/mol. The molecule has 0 saturated heterocycles. The molecule has 1 atom stereocenters. The highest BCUT2D eigenvalue weighted by atomic mass is 16.2. The SMILES string of the molecule is C=CCCCN(C)C(=O)C(N)c1cnn(C)c1. The fourth-order valence-electron chi connectivity index (χ4n) is 1.56. The Morgan fingerprint density at radius 2 is 2.47 bits per heavy atom. The molecule has 0 aliphatic carbocycles. The summed E-state index contributed by atoms with van der Waals surface area (Å²) in [5, 5.41) is 4.01. The van der Waals surface area contributed by atoms with E-state index in [-0.39, 0.29) is 5.91 Å². The Morgan fingerprint density at radius 3 is 3.00 bits per heavy atom. The van der Waals surface area contributed by atoms with Gasteiger partial charge >= 0.3 is 0 Å². The molecule has 0 aliphatic heterocycles. The third kappa shape index (κ3) is 3.71. The molecule has 0 radical (unpaired) electrons. The standard InChI is InChI=1S/C12H20N4O/c1-4-5-6-7-15(2)12(17)11(13)10-8-14-16(3)9-10/h4,8-9,11H,1,5-7,13H2,2-3H3. The van der Waals surface area contributed by atoms with Crippen LogP contribution in [0.2, 0.25) is 0 Å². The minimum Gasteiger partial charge on any atom is -0.344 e. The first-order chi connectivity index (χ1) is 8.06. The van der Waals surface area contributed by atoms with Crippen LogP contribution in [0.15, 0.2) is 25.0 Å². The zero-order chi connectivity index (χ0) is 12.8. The van der Waals surface area contributed by atoms with Crippen molar-refractivity contribution in [2.45, 2.75) is 18.9 Å². The van der Waals surface area contributed by atoms with Gasteiger partial charge in [0, 0.05) is 32.4 Å². The molecule has 1 rings (SSSR count). The molecule has 5 heteroatoms. The van der Waals surface area contributed by atoms with E-state index >= 15 is 0 Å². The largest absolute Gasteiger partial charge is 0.344 e. The van der Waals surface area contributed by atoms with Crippen LogP contribution in [0.1, 0.15) is 24.4 Å². The number of likely N-dealkylation sites (N-methyl/N-ethyl adjacent to an activating group) is 1. The van der Waals surface area contributed by atoms with Crippen LogP contribution in [-0.2, 0) is 11.8 Å². The summed E-state index contributed by atoms with van der Waals surface area (Å²) in [6.45, 7) is 4.34. The summed E-state index contributed by atoms with van der Waals surface area (Å²) in [6.07, 6.45) is 7.05. The summed E-state index contributed by atoms with van der Waals surface area (Å²) in [5.41, 5.74) is 6.64. The quantitative estimate of drug-likeness (QED) is 0.588. The monoisotopic (exact) mass is 236 g/mol. The normalized spacial score (nSPS) is 12.2. The number of unbranched alkanes of at least 4 members (excludes halogenated alkanes) is 1. The van der Waals surface area contributed by atoms with Crippen molar-refractivity contribution in [1.82, 2.24) is 14.7 Å². The first-order valence-electron chi connectivity index (χ1n) is 5.66. The van der Waals surface area contributed by atoms with Crippen LogP contribution in [0, 0.1) is 0 Å². The fraction of sp³-hybridized carbons (Fsp3) is 0.500. The first-order valence-corrected chi connectivity index (χ1v) is 5.66. The highest BCUT2D eigenvalue weighted by Crippen LogP contribution is 2.11. The molecule has 0 bridgehead atoms. The van der Waals surface area contributed by atoms with Crippen molar-refractivity contribution < 1.29 is 4.79 Å².